The van der Waals surface area contributed by atoms with E-state index >= 15 is 0 Å². The molecule has 0 bridgehead atoms. The predicted molar refractivity (Wildman–Crippen MR) is 103 cm³/mol. The number of phosphoric acid groups is 1. The third-order valence-corrected chi connectivity index (χ3v) is 5.22. The monoisotopic (exact) mass is 495 g/mol. The van der Waals surface area contributed by atoms with Crippen LogP contribution in [-0.2, 0) is 25.2 Å². The van der Waals surface area contributed by atoms with Gasteiger partial charge in [0.2, 0.25) is 11.4 Å². The largest absolute Gasteiger partial charge is 0.480 e. The Morgan fingerprint density at radius 3 is 2.82 bits per heavy atom. The van der Waals surface area contributed by atoms with Crippen molar-refractivity contribution >= 4 is 57.5 Å². The van der Waals surface area contributed by atoms with Crippen LogP contribution in [0.2, 0.25) is 0 Å². The number of phosphoric ester groups is 1. The molecule has 3 heterocycles. The van der Waals surface area contributed by atoms with Gasteiger partial charge in [-0.3, -0.25) is 9.09 Å². The van der Waals surface area contributed by atoms with Gasteiger partial charge >= 0.3 is 13.0 Å². The van der Waals surface area contributed by atoms with Crippen LogP contribution in [0.5, 0.6) is 0 Å². The molecule has 0 spiro atoms. The summed E-state index contributed by atoms with van der Waals surface area (Å²) >= 11 is 4.28. The molecular formula is C13H15BrN5O7PS. The molecule has 0 aromatic carbocycles. The normalized spacial score (nSPS) is 26.2. The molecule has 2 aromatic heterocycles. The number of hydrogen-bond donors (Lipinski definition) is 4. The van der Waals surface area contributed by atoms with E-state index in [1.165, 1.54) is 10.9 Å². The molecule has 0 amide bonds. The first-order chi connectivity index (χ1) is 13.2. The van der Waals surface area contributed by atoms with E-state index in [4.69, 9.17) is 20.3 Å². The van der Waals surface area contributed by atoms with Gasteiger partial charge in [0.25, 0.3) is 0 Å². The Kier molecular flexibility index (Phi) is 6.54. The maximum absolute atomic E-state index is 10.9. The van der Waals surface area contributed by atoms with Crippen LogP contribution in [0.4, 0.5) is 5.82 Å². The zero-order valence-corrected chi connectivity index (χ0v) is 17.2. The average molecular weight is 496 g/mol. The predicted octanol–water partition coefficient (Wildman–Crippen LogP) is 0.391. The Balaban J connectivity index is 1.91. The van der Waals surface area contributed by atoms with E-state index < -0.39 is 39.0 Å². The lowest BCUT2D eigenvalue weighted by molar-refractivity contribution is -0.0504. The number of imidazole rings is 1. The highest BCUT2D eigenvalue weighted by molar-refractivity contribution is 9.11. The first-order valence-corrected chi connectivity index (χ1v) is 11.0. The quantitative estimate of drug-likeness (QED) is 0.143. The van der Waals surface area contributed by atoms with E-state index in [0.717, 1.165) is 11.4 Å². The summed E-state index contributed by atoms with van der Waals surface area (Å²) in [5.74, 6) is -0.128. The van der Waals surface area contributed by atoms with Crippen LogP contribution in [0, 0.1) is 0 Å². The van der Waals surface area contributed by atoms with Crippen molar-refractivity contribution < 1.29 is 33.8 Å². The van der Waals surface area contributed by atoms with Gasteiger partial charge in [0, 0.05) is 6.08 Å². The van der Waals surface area contributed by atoms with E-state index in [9.17, 15) is 14.8 Å². The first kappa shape index (κ1) is 21.4. The van der Waals surface area contributed by atoms with Gasteiger partial charge in [-0.15, -0.1) is 0 Å². The Morgan fingerprint density at radius 1 is 1.39 bits per heavy atom. The Morgan fingerprint density at radius 2 is 2.14 bits per heavy atom. The lowest BCUT2D eigenvalue weighted by Gasteiger charge is -2.16. The van der Waals surface area contributed by atoms with Crippen molar-refractivity contribution in [3.63, 3.8) is 0 Å². The Labute approximate surface area is 170 Å². The number of rotatable bonds is 6. The highest BCUT2D eigenvalue weighted by atomic mass is 79.9. The minimum absolute atomic E-state index is 0.128. The smallest absolute Gasteiger partial charge is 0.469 e. The van der Waals surface area contributed by atoms with E-state index in [2.05, 4.69) is 35.4 Å². The lowest BCUT2D eigenvalue weighted by Crippen LogP contribution is -2.33. The molecule has 1 aliphatic rings. The number of nitrogens with zero attached hydrogens (tertiary/aromatic N) is 4. The number of fused-ring (bicyclic) bond motifs is 1. The van der Waals surface area contributed by atoms with Crippen LogP contribution in [0.25, 0.3) is 16.9 Å². The van der Waals surface area contributed by atoms with Crippen molar-refractivity contribution in [3.8, 4) is 0 Å². The first-order valence-electron chi connectivity index (χ1n) is 7.64. The van der Waals surface area contributed by atoms with E-state index in [1.807, 2.05) is 0 Å². The number of aliphatic hydroxyl groups excluding tert-OH is 2. The number of ether oxygens (including phenoxy) is 1. The van der Waals surface area contributed by atoms with E-state index in [-0.39, 0.29) is 22.1 Å². The minimum Gasteiger partial charge on any atom is -0.480 e. The van der Waals surface area contributed by atoms with Gasteiger partial charge in [-0.25, -0.2) is 9.55 Å². The van der Waals surface area contributed by atoms with Crippen LogP contribution < -0.4 is 0 Å². The zero-order chi connectivity index (χ0) is 20.5. The molecule has 1 aliphatic heterocycles. The number of allylic oxidation sites excluding steroid dienone is 1. The summed E-state index contributed by atoms with van der Waals surface area (Å²) < 4.78 is 22.0. The highest BCUT2D eigenvalue weighted by Crippen LogP contribution is 2.39. The zero-order valence-electron chi connectivity index (χ0n) is 13.9. The average Bonchev–Trinajstić information content (AvgIpc) is 3.15. The topological polar surface area (TPSA) is 184 Å². The van der Waals surface area contributed by atoms with E-state index in [1.54, 1.807) is 16.4 Å². The summed E-state index contributed by atoms with van der Waals surface area (Å²) in [6.45, 7) is -0.626. The van der Waals surface area contributed by atoms with Crippen molar-refractivity contribution in [2.45, 2.75) is 29.7 Å². The summed E-state index contributed by atoms with van der Waals surface area (Å²) in [4.78, 5) is 31.6. The highest BCUT2D eigenvalue weighted by Gasteiger charge is 2.45. The fourth-order valence-corrected chi connectivity index (χ4v) is 3.79. The van der Waals surface area contributed by atoms with Gasteiger partial charge in [-0.1, -0.05) is 15.9 Å². The molecule has 15 heteroatoms. The number of nitrogens with one attached hydrogen (secondary N) is 1. The SMILES string of the molecule is [NH-]c1nc([S+]=C/C=C/Br)nc2c1ncn2[C@@H]1O[C@H](COP(=O)(O)O)[C@@H](O)[C@H]1O. The molecule has 28 heavy (non-hydrogen) atoms. The van der Waals surface area contributed by atoms with Crippen molar-refractivity contribution in [2.24, 2.45) is 0 Å². The summed E-state index contributed by atoms with van der Waals surface area (Å²) in [5.41, 5.74) is 8.36. The maximum Gasteiger partial charge on any atom is 0.469 e. The van der Waals surface area contributed by atoms with Crippen molar-refractivity contribution in [3.05, 3.63) is 23.1 Å². The molecule has 12 nitrogen and oxygen atoms in total. The molecule has 0 aliphatic carbocycles. The molecule has 1 saturated heterocycles. The van der Waals surface area contributed by atoms with Crippen LogP contribution in [0.15, 0.2) is 22.5 Å². The summed E-state index contributed by atoms with van der Waals surface area (Å²) in [7, 11) is -4.76. The molecule has 0 unspecified atom stereocenters. The van der Waals surface area contributed by atoms with Gasteiger partial charge in [0.05, 0.1) is 12.9 Å². The number of aromatic nitrogens is 4. The Hall–Kier alpha value is -1.35. The molecule has 2 aromatic rings. The van der Waals surface area contributed by atoms with Crippen LogP contribution in [0.1, 0.15) is 6.23 Å². The lowest BCUT2D eigenvalue weighted by atomic mass is 10.1. The third kappa shape index (κ3) is 4.62. The van der Waals surface area contributed by atoms with Crippen molar-refractivity contribution in [2.75, 3.05) is 6.61 Å². The van der Waals surface area contributed by atoms with Crippen LogP contribution >= 0.6 is 23.8 Å². The third-order valence-electron chi connectivity index (χ3n) is 3.74. The Bertz CT molecular complexity index is 966. The van der Waals surface area contributed by atoms with Crippen molar-refractivity contribution in [1.29, 1.82) is 0 Å². The van der Waals surface area contributed by atoms with E-state index in [0.29, 0.717) is 0 Å². The molecule has 3 rings (SSSR count). The van der Waals surface area contributed by atoms with Crippen molar-refractivity contribution in [1.82, 2.24) is 19.5 Å². The summed E-state index contributed by atoms with van der Waals surface area (Å²) in [5, 5.41) is 22.4. The second-order valence-electron chi connectivity index (χ2n) is 5.58. The van der Waals surface area contributed by atoms with Crippen LogP contribution in [-0.4, -0.2) is 69.8 Å². The number of aliphatic hydroxyl groups is 2. The van der Waals surface area contributed by atoms with Crippen LogP contribution in [0.3, 0.4) is 0 Å². The second-order valence-corrected chi connectivity index (χ2v) is 8.22. The number of halogens is 1. The molecule has 5 N–H and O–H groups in total. The molecule has 0 radical (unpaired) electrons. The molecule has 0 saturated carbocycles. The molecule has 1 fully saturated rings. The number of hydrogen-bond acceptors (Lipinski definition) is 8. The maximum atomic E-state index is 10.9. The fourth-order valence-electron chi connectivity index (χ4n) is 2.53. The fraction of sp³-hybridized carbons (Fsp3) is 0.385. The van der Waals surface area contributed by atoms with Gasteiger partial charge in [-0.05, 0) is 10.8 Å². The van der Waals surface area contributed by atoms with Gasteiger partial charge in [0.1, 0.15) is 23.8 Å². The second kappa shape index (κ2) is 8.57. The summed E-state index contributed by atoms with van der Waals surface area (Å²) in [6, 6.07) is 0. The molecule has 152 valence electrons. The minimum atomic E-state index is -4.76. The van der Waals surface area contributed by atoms with Gasteiger partial charge in [-0.2, -0.15) is 4.98 Å². The van der Waals surface area contributed by atoms with Gasteiger partial charge in [0.15, 0.2) is 17.2 Å². The van der Waals surface area contributed by atoms with Gasteiger partial charge < -0.3 is 35.5 Å². The molecule has 4 atom stereocenters. The standard InChI is InChI=1S/C13H15BrN5O7PS/c14-2-1-3-28-13-17-10(15)7-11(18-13)19(5-16-7)12-9(21)8(20)6(26-12)4-25-27(22,23)24/h1-3,5-6,8-9,12,20-21H,4H2,(H3-,15,17,18,22,23,24)/b2-1+/t6-,8-,9-,12-/m1/s1. The molecular weight excluding hydrogens is 481 g/mol. The summed E-state index contributed by atoms with van der Waals surface area (Å²) in [6.07, 6.45) is -2.26.